The number of hydrogen-bond donors (Lipinski definition) is 2. The molecule has 0 spiro atoms. The molecule has 0 aliphatic carbocycles. The lowest BCUT2D eigenvalue weighted by atomic mass is 10.2. The summed E-state index contributed by atoms with van der Waals surface area (Å²) < 4.78 is 12.4. The summed E-state index contributed by atoms with van der Waals surface area (Å²) in [7, 11) is 1.70. The van der Waals surface area contributed by atoms with Crippen LogP contribution < -0.4 is 10.6 Å². The highest BCUT2D eigenvalue weighted by atomic mass is 127. The first-order valence-electron chi connectivity index (χ1n) is 8.22. The number of aryl methyl sites for hydroxylation is 1. The van der Waals surface area contributed by atoms with Crippen LogP contribution >= 0.6 is 24.0 Å². The van der Waals surface area contributed by atoms with Gasteiger partial charge in [-0.15, -0.1) is 24.0 Å². The van der Waals surface area contributed by atoms with E-state index in [1.54, 1.807) is 13.4 Å². The summed E-state index contributed by atoms with van der Waals surface area (Å²) in [5, 5.41) is 11.1. The van der Waals surface area contributed by atoms with Gasteiger partial charge < -0.3 is 19.8 Å². The molecule has 7 nitrogen and oxygen atoms in total. The third-order valence-electron chi connectivity index (χ3n) is 3.79. The normalized spacial score (nSPS) is 11.3. The summed E-state index contributed by atoms with van der Waals surface area (Å²) in [6.45, 7) is 9.52. The quantitative estimate of drug-likeness (QED) is 0.359. The topological polar surface area (TPSA) is 76.6 Å². The van der Waals surface area contributed by atoms with Crippen molar-refractivity contribution in [2.24, 2.45) is 4.99 Å². The molecule has 2 aromatic rings. The average molecular weight is 461 g/mol. The van der Waals surface area contributed by atoms with Crippen LogP contribution in [0.25, 0.3) is 0 Å². The molecule has 0 radical (unpaired) electrons. The summed E-state index contributed by atoms with van der Waals surface area (Å²) in [4.78, 5) is 4.67. The number of hydrogen-bond acceptors (Lipinski definition) is 4. The van der Waals surface area contributed by atoms with Gasteiger partial charge in [0.05, 0.1) is 38.2 Å². The van der Waals surface area contributed by atoms with Gasteiger partial charge in [0.1, 0.15) is 5.76 Å². The van der Waals surface area contributed by atoms with Crippen LogP contribution in [0.5, 0.6) is 0 Å². The molecule has 0 unspecified atom stereocenters. The minimum absolute atomic E-state index is 0. The van der Waals surface area contributed by atoms with Crippen LogP contribution in [0.1, 0.15) is 29.6 Å². The smallest absolute Gasteiger partial charge is 0.191 e. The molecule has 0 atom stereocenters. The van der Waals surface area contributed by atoms with Crippen molar-refractivity contribution in [1.29, 1.82) is 0 Å². The number of halogens is 1. The molecule has 0 aliphatic heterocycles. The summed E-state index contributed by atoms with van der Waals surface area (Å²) in [6, 6.07) is 3.81. The molecule has 140 valence electrons. The van der Waals surface area contributed by atoms with E-state index in [9.17, 15) is 0 Å². The van der Waals surface area contributed by atoms with Gasteiger partial charge in [0, 0.05) is 24.9 Å². The molecule has 0 saturated heterocycles. The Bertz CT molecular complexity index is 652. The minimum atomic E-state index is 0. The number of aliphatic imine (C=N–C) groups is 1. The van der Waals surface area contributed by atoms with Gasteiger partial charge in [-0.25, -0.2) is 4.99 Å². The molecule has 25 heavy (non-hydrogen) atoms. The first kappa shape index (κ1) is 21.5. The molecule has 0 aromatic carbocycles. The van der Waals surface area contributed by atoms with E-state index in [-0.39, 0.29) is 24.0 Å². The molecule has 8 heteroatoms. The lowest BCUT2D eigenvalue weighted by Crippen LogP contribution is -2.36. The fourth-order valence-electron chi connectivity index (χ4n) is 2.44. The third-order valence-corrected chi connectivity index (χ3v) is 3.79. The number of nitrogens with zero attached hydrogens (tertiary/aromatic N) is 3. The second kappa shape index (κ2) is 11.1. The maximum Gasteiger partial charge on any atom is 0.191 e. The van der Waals surface area contributed by atoms with Crippen LogP contribution in [-0.2, 0) is 24.4 Å². The molecule has 2 rings (SSSR count). The van der Waals surface area contributed by atoms with E-state index in [1.807, 2.05) is 30.7 Å². The van der Waals surface area contributed by atoms with E-state index < -0.39 is 0 Å². The van der Waals surface area contributed by atoms with Crippen molar-refractivity contribution >= 4 is 29.9 Å². The molecule has 0 bridgehead atoms. The predicted molar refractivity (Wildman–Crippen MR) is 109 cm³/mol. The number of rotatable bonds is 8. The van der Waals surface area contributed by atoms with Crippen LogP contribution in [0.3, 0.4) is 0 Å². The zero-order valence-corrected chi connectivity index (χ0v) is 17.7. The van der Waals surface area contributed by atoms with Crippen molar-refractivity contribution in [3.8, 4) is 0 Å². The Morgan fingerprint density at radius 2 is 2.16 bits per heavy atom. The lowest BCUT2D eigenvalue weighted by Gasteiger charge is -2.10. The maximum absolute atomic E-state index is 5.33. The van der Waals surface area contributed by atoms with Crippen LogP contribution in [0.2, 0.25) is 0 Å². The highest BCUT2D eigenvalue weighted by Gasteiger charge is 2.11. The molecule has 2 aromatic heterocycles. The van der Waals surface area contributed by atoms with Crippen LogP contribution in [0.4, 0.5) is 0 Å². The fraction of sp³-hybridized carbons (Fsp3) is 0.529. The van der Waals surface area contributed by atoms with E-state index in [1.165, 1.54) is 0 Å². The molecule has 2 heterocycles. The van der Waals surface area contributed by atoms with E-state index in [0.29, 0.717) is 19.7 Å². The van der Waals surface area contributed by atoms with Gasteiger partial charge in [-0.3, -0.25) is 4.68 Å². The van der Waals surface area contributed by atoms with E-state index in [0.717, 1.165) is 41.8 Å². The number of ether oxygens (including phenoxy) is 1. The molecular formula is C17H28IN5O2. The van der Waals surface area contributed by atoms with E-state index in [2.05, 4.69) is 27.6 Å². The van der Waals surface area contributed by atoms with Crippen molar-refractivity contribution in [2.75, 3.05) is 20.3 Å². The summed E-state index contributed by atoms with van der Waals surface area (Å²) in [6.07, 6.45) is 1.67. The largest absolute Gasteiger partial charge is 0.467 e. The van der Waals surface area contributed by atoms with Crippen molar-refractivity contribution in [3.05, 3.63) is 41.1 Å². The first-order valence-corrected chi connectivity index (χ1v) is 8.22. The Balaban J connectivity index is 0.00000312. The summed E-state index contributed by atoms with van der Waals surface area (Å²) in [5.74, 6) is 1.64. The highest BCUT2D eigenvalue weighted by Crippen LogP contribution is 2.14. The fourth-order valence-corrected chi connectivity index (χ4v) is 2.44. The standard InChI is InChI=1S/C17H27N5O2.HI/c1-5-18-17(19-11-15-7-6-9-24-15)20-12-16-13(2)21-22(14(16)3)8-10-23-4;/h6-7,9H,5,8,10-12H2,1-4H3,(H2,18,19,20);1H. The Kier molecular flexibility index (Phi) is 9.58. The molecule has 2 N–H and O–H groups in total. The Morgan fingerprint density at radius 3 is 2.80 bits per heavy atom. The maximum atomic E-state index is 5.33. The summed E-state index contributed by atoms with van der Waals surface area (Å²) in [5.41, 5.74) is 3.30. The number of guanidine groups is 1. The van der Waals surface area contributed by atoms with Gasteiger partial charge in [0.2, 0.25) is 0 Å². The first-order chi connectivity index (χ1) is 11.7. The van der Waals surface area contributed by atoms with Gasteiger partial charge >= 0.3 is 0 Å². The molecule has 0 fully saturated rings. The van der Waals surface area contributed by atoms with Gasteiger partial charge in [-0.05, 0) is 32.9 Å². The van der Waals surface area contributed by atoms with Gasteiger partial charge in [0.25, 0.3) is 0 Å². The van der Waals surface area contributed by atoms with Crippen LogP contribution in [0, 0.1) is 13.8 Å². The Hall–Kier alpha value is -1.55. The van der Waals surface area contributed by atoms with Crippen molar-refractivity contribution in [3.63, 3.8) is 0 Å². The lowest BCUT2D eigenvalue weighted by molar-refractivity contribution is 0.182. The molecular weight excluding hydrogens is 433 g/mol. The number of furan rings is 1. The van der Waals surface area contributed by atoms with E-state index in [4.69, 9.17) is 9.15 Å². The van der Waals surface area contributed by atoms with Crippen molar-refractivity contribution in [2.45, 2.75) is 40.4 Å². The molecule has 0 aliphatic rings. The van der Waals surface area contributed by atoms with Crippen LogP contribution in [-0.4, -0.2) is 36.0 Å². The van der Waals surface area contributed by atoms with Gasteiger partial charge in [-0.1, -0.05) is 0 Å². The van der Waals surface area contributed by atoms with Crippen molar-refractivity contribution in [1.82, 2.24) is 20.4 Å². The highest BCUT2D eigenvalue weighted by molar-refractivity contribution is 14.0. The Morgan fingerprint density at radius 1 is 1.36 bits per heavy atom. The molecule has 0 amide bonds. The average Bonchev–Trinajstić information content (AvgIpc) is 3.17. The monoisotopic (exact) mass is 461 g/mol. The van der Waals surface area contributed by atoms with Crippen LogP contribution in [0.15, 0.2) is 27.8 Å². The zero-order valence-electron chi connectivity index (χ0n) is 15.3. The molecule has 0 saturated carbocycles. The predicted octanol–water partition coefficient (Wildman–Crippen LogP) is 2.61. The third kappa shape index (κ3) is 6.35. The minimum Gasteiger partial charge on any atom is -0.467 e. The number of aromatic nitrogens is 2. The zero-order chi connectivity index (χ0) is 17.4. The second-order valence-corrected chi connectivity index (χ2v) is 5.49. The summed E-state index contributed by atoms with van der Waals surface area (Å²) >= 11 is 0. The van der Waals surface area contributed by atoms with Crippen molar-refractivity contribution < 1.29 is 9.15 Å². The SMILES string of the molecule is CCNC(=NCc1c(C)nn(CCOC)c1C)NCc1ccco1.I. The Labute approximate surface area is 166 Å². The van der Waals surface area contributed by atoms with Gasteiger partial charge in [0.15, 0.2) is 5.96 Å². The number of methoxy groups -OCH3 is 1. The van der Waals surface area contributed by atoms with Gasteiger partial charge in [-0.2, -0.15) is 5.10 Å². The number of nitrogens with one attached hydrogen (secondary N) is 2. The van der Waals surface area contributed by atoms with E-state index >= 15 is 0 Å². The second-order valence-electron chi connectivity index (χ2n) is 5.49.